The number of nitrogens with two attached hydrogens (primary N) is 2. The van der Waals surface area contributed by atoms with Gasteiger partial charge in [-0.2, -0.15) is 5.10 Å². The molecular weight excluding hydrogens is 394 g/mol. The van der Waals surface area contributed by atoms with Crippen LogP contribution in [0.3, 0.4) is 0 Å². The van der Waals surface area contributed by atoms with Gasteiger partial charge in [-0.1, -0.05) is 11.6 Å². The van der Waals surface area contributed by atoms with Crippen molar-refractivity contribution in [2.75, 3.05) is 0 Å². The highest BCUT2D eigenvalue weighted by molar-refractivity contribution is 6.32. The maximum absolute atomic E-state index is 12.7. The Morgan fingerprint density at radius 1 is 1.21 bits per heavy atom. The summed E-state index contributed by atoms with van der Waals surface area (Å²) in [5, 5.41) is 8.39. The second kappa shape index (κ2) is 7.74. The van der Waals surface area contributed by atoms with Crippen molar-refractivity contribution in [3.05, 3.63) is 70.8 Å². The number of amides is 1. The Kier molecular flexibility index (Phi) is 4.98. The van der Waals surface area contributed by atoms with E-state index in [-0.39, 0.29) is 18.3 Å². The quantitative estimate of drug-likeness (QED) is 0.175. The molecule has 3 heterocycles. The maximum atomic E-state index is 12.7. The summed E-state index contributed by atoms with van der Waals surface area (Å²) in [6, 6.07) is 8.78. The van der Waals surface area contributed by atoms with Gasteiger partial charge in [-0.15, -0.1) is 0 Å². The Morgan fingerprint density at radius 3 is 2.86 bits per heavy atom. The summed E-state index contributed by atoms with van der Waals surface area (Å²) >= 11 is 6.16. The van der Waals surface area contributed by atoms with Gasteiger partial charge in [0.15, 0.2) is 5.84 Å². The molecular formula is C19H16ClN7O2. The number of hydrogen-bond donors (Lipinski definition) is 4. The number of hydrazine groups is 1. The number of hydrazone groups is 1. The van der Waals surface area contributed by atoms with E-state index < -0.39 is 0 Å². The molecule has 1 aromatic carbocycles. The molecule has 0 aliphatic rings. The van der Waals surface area contributed by atoms with Crippen LogP contribution < -0.4 is 22.4 Å². The first-order valence-corrected chi connectivity index (χ1v) is 8.92. The van der Waals surface area contributed by atoms with E-state index in [0.29, 0.717) is 33.0 Å². The SMILES string of the molecule is N/N=C(\NN)c1cc(Cl)cc2cc(CNC(=O)c3cncc4cccnc34)oc12. The zero-order chi connectivity index (χ0) is 20.4. The number of nitrogens with one attached hydrogen (secondary N) is 2. The largest absolute Gasteiger partial charge is 0.458 e. The van der Waals surface area contributed by atoms with Crippen LogP contribution in [0.2, 0.25) is 5.02 Å². The first kappa shape index (κ1) is 18.7. The number of amidine groups is 1. The van der Waals surface area contributed by atoms with Crippen molar-refractivity contribution >= 4 is 45.2 Å². The zero-order valence-electron chi connectivity index (χ0n) is 15.0. The number of aromatic nitrogens is 2. The average molecular weight is 410 g/mol. The number of furan rings is 1. The Hall–Kier alpha value is -3.69. The maximum Gasteiger partial charge on any atom is 0.255 e. The van der Waals surface area contributed by atoms with Crippen molar-refractivity contribution in [1.82, 2.24) is 20.7 Å². The van der Waals surface area contributed by atoms with Crippen LogP contribution in [0.4, 0.5) is 0 Å². The van der Waals surface area contributed by atoms with Gasteiger partial charge in [0.25, 0.3) is 5.91 Å². The van der Waals surface area contributed by atoms with Crippen molar-refractivity contribution in [2.45, 2.75) is 6.54 Å². The van der Waals surface area contributed by atoms with Gasteiger partial charge < -0.3 is 21.0 Å². The van der Waals surface area contributed by atoms with E-state index >= 15 is 0 Å². The van der Waals surface area contributed by atoms with Crippen LogP contribution in [0.5, 0.6) is 0 Å². The fourth-order valence-electron chi connectivity index (χ4n) is 3.05. The van der Waals surface area contributed by atoms with Crippen LogP contribution >= 0.6 is 11.6 Å². The number of fused-ring (bicyclic) bond motifs is 2. The number of carbonyl (C=O) groups is 1. The van der Waals surface area contributed by atoms with Gasteiger partial charge in [0, 0.05) is 34.4 Å². The molecule has 0 bridgehead atoms. The van der Waals surface area contributed by atoms with Crippen molar-refractivity contribution in [3.8, 4) is 0 Å². The molecule has 0 radical (unpaired) electrons. The lowest BCUT2D eigenvalue weighted by atomic mass is 10.1. The lowest BCUT2D eigenvalue weighted by Crippen LogP contribution is -2.32. The van der Waals surface area contributed by atoms with Gasteiger partial charge in [-0.3, -0.25) is 14.8 Å². The molecule has 0 spiro atoms. The summed E-state index contributed by atoms with van der Waals surface area (Å²) in [7, 11) is 0. The summed E-state index contributed by atoms with van der Waals surface area (Å²) in [6.07, 6.45) is 4.77. The Labute approximate surface area is 169 Å². The molecule has 0 saturated heterocycles. The first-order chi connectivity index (χ1) is 14.1. The molecule has 146 valence electrons. The normalized spacial score (nSPS) is 11.7. The molecule has 0 atom stereocenters. The molecule has 3 aromatic heterocycles. The number of halogens is 1. The molecule has 4 aromatic rings. The summed E-state index contributed by atoms with van der Waals surface area (Å²) < 4.78 is 5.88. The third-order valence-corrected chi connectivity index (χ3v) is 4.55. The van der Waals surface area contributed by atoms with Gasteiger partial charge in [0.05, 0.1) is 23.2 Å². The minimum absolute atomic E-state index is 0.152. The number of carbonyl (C=O) groups excluding carboxylic acids is 1. The Balaban J connectivity index is 1.62. The van der Waals surface area contributed by atoms with Crippen LogP contribution in [0.25, 0.3) is 21.9 Å². The number of hydrogen-bond acceptors (Lipinski definition) is 7. The monoisotopic (exact) mass is 409 g/mol. The highest BCUT2D eigenvalue weighted by atomic mass is 35.5. The number of benzene rings is 1. The molecule has 0 fully saturated rings. The standard InChI is InChI=1S/C19H16ClN7O2/c20-12-4-11-5-13(29-17(11)14(6-12)18(26-21)27-22)8-25-19(28)15-9-23-7-10-2-1-3-24-16(10)15/h1-7,9H,8,21-22H2,(H,25,28)(H,26,27). The van der Waals surface area contributed by atoms with Gasteiger partial charge in [-0.25, -0.2) is 5.84 Å². The number of nitrogens with zero attached hydrogens (tertiary/aromatic N) is 3. The lowest BCUT2D eigenvalue weighted by Gasteiger charge is -2.06. The van der Waals surface area contributed by atoms with E-state index in [0.717, 1.165) is 10.8 Å². The van der Waals surface area contributed by atoms with Crippen LogP contribution in [-0.2, 0) is 6.54 Å². The minimum atomic E-state index is -0.312. The van der Waals surface area contributed by atoms with E-state index in [1.807, 2.05) is 6.07 Å². The molecule has 0 aliphatic heterocycles. The number of pyridine rings is 2. The summed E-state index contributed by atoms with van der Waals surface area (Å²) in [4.78, 5) is 21.0. The fourth-order valence-corrected chi connectivity index (χ4v) is 3.27. The predicted octanol–water partition coefficient (Wildman–Crippen LogP) is 2.04. The molecule has 0 unspecified atom stereocenters. The van der Waals surface area contributed by atoms with E-state index in [9.17, 15) is 4.79 Å². The molecule has 0 saturated carbocycles. The molecule has 10 heteroatoms. The third-order valence-electron chi connectivity index (χ3n) is 4.33. The molecule has 4 rings (SSSR count). The van der Waals surface area contributed by atoms with Crippen LogP contribution in [0.1, 0.15) is 21.7 Å². The summed E-state index contributed by atoms with van der Waals surface area (Å²) in [6.45, 7) is 0.152. The van der Waals surface area contributed by atoms with Gasteiger partial charge >= 0.3 is 0 Å². The first-order valence-electron chi connectivity index (χ1n) is 8.54. The second-order valence-corrected chi connectivity index (χ2v) is 6.59. The van der Waals surface area contributed by atoms with Crippen molar-refractivity contribution in [2.24, 2.45) is 16.8 Å². The second-order valence-electron chi connectivity index (χ2n) is 6.15. The van der Waals surface area contributed by atoms with E-state index in [1.54, 1.807) is 36.7 Å². The van der Waals surface area contributed by atoms with Gasteiger partial charge in [0.1, 0.15) is 11.3 Å². The van der Waals surface area contributed by atoms with Crippen LogP contribution in [0.15, 0.2) is 58.4 Å². The summed E-state index contributed by atoms with van der Waals surface area (Å²) in [5.74, 6) is 11.2. The summed E-state index contributed by atoms with van der Waals surface area (Å²) in [5.41, 5.74) is 4.38. The van der Waals surface area contributed by atoms with Crippen LogP contribution in [0, 0.1) is 0 Å². The molecule has 0 aliphatic carbocycles. The van der Waals surface area contributed by atoms with Gasteiger partial charge in [-0.05, 0) is 30.3 Å². The van der Waals surface area contributed by atoms with E-state index in [4.69, 9.17) is 27.7 Å². The Morgan fingerprint density at radius 2 is 2.07 bits per heavy atom. The highest BCUT2D eigenvalue weighted by Crippen LogP contribution is 2.27. The highest BCUT2D eigenvalue weighted by Gasteiger charge is 2.16. The van der Waals surface area contributed by atoms with E-state index in [2.05, 4.69) is 25.8 Å². The molecule has 29 heavy (non-hydrogen) atoms. The van der Waals surface area contributed by atoms with Crippen molar-refractivity contribution < 1.29 is 9.21 Å². The smallest absolute Gasteiger partial charge is 0.255 e. The predicted molar refractivity (Wildman–Crippen MR) is 110 cm³/mol. The lowest BCUT2D eigenvalue weighted by molar-refractivity contribution is 0.0949. The Bertz CT molecular complexity index is 1250. The average Bonchev–Trinajstić information content (AvgIpc) is 3.15. The number of rotatable bonds is 4. The topological polar surface area (TPSA) is 144 Å². The molecule has 6 N–H and O–H groups in total. The van der Waals surface area contributed by atoms with Crippen molar-refractivity contribution in [1.29, 1.82) is 0 Å². The fraction of sp³-hybridized carbons (Fsp3) is 0.0526. The van der Waals surface area contributed by atoms with Crippen LogP contribution in [-0.4, -0.2) is 21.7 Å². The minimum Gasteiger partial charge on any atom is -0.458 e. The zero-order valence-corrected chi connectivity index (χ0v) is 15.8. The van der Waals surface area contributed by atoms with E-state index in [1.165, 1.54) is 6.20 Å². The molecule has 1 amide bonds. The van der Waals surface area contributed by atoms with Gasteiger partial charge in [0.2, 0.25) is 0 Å². The third kappa shape index (κ3) is 3.56. The van der Waals surface area contributed by atoms with Crippen molar-refractivity contribution in [3.63, 3.8) is 0 Å². The molecule has 9 nitrogen and oxygen atoms in total.